The first kappa shape index (κ1) is 14.0. The molecule has 4 nitrogen and oxygen atoms in total. The van der Waals surface area contributed by atoms with E-state index in [0.29, 0.717) is 28.2 Å². The molecule has 1 aromatic carbocycles. The van der Waals surface area contributed by atoms with Gasteiger partial charge in [-0.3, -0.25) is 0 Å². The van der Waals surface area contributed by atoms with Gasteiger partial charge in [-0.25, -0.2) is 4.79 Å². The molecule has 1 heterocycles. The minimum absolute atomic E-state index is 0.148. The molecule has 3 unspecified atom stereocenters. The number of aliphatic hydroxyl groups excluding tert-OH is 1. The van der Waals surface area contributed by atoms with Gasteiger partial charge in [0.1, 0.15) is 0 Å². The number of urea groups is 1. The Kier molecular flexibility index (Phi) is 3.80. The number of carbonyl (C=O) groups is 1. The number of rotatable bonds is 1. The molecule has 1 aliphatic carbocycles. The van der Waals surface area contributed by atoms with Crippen LogP contribution in [0.1, 0.15) is 12.8 Å². The Morgan fingerprint density at radius 2 is 2.05 bits per heavy atom. The Bertz CT molecular complexity index is 538. The van der Waals surface area contributed by atoms with E-state index in [-0.39, 0.29) is 18.1 Å². The number of halogens is 2. The number of benzene rings is 1. The van der Waals surface area contributed by atoms with E-state index < -0.39 is 0 Å². The summed E-state index contributed by atoms with van der Waals surface area (Å²) in [6.45, 7) is 1.34. The minimum Gasteiger partial charge on any atom is -0.393 e. The Morgan fingerprint density at radius 3 is 2.75 bits per heavy atom. The van der Waals surface area contributed by atoms with Crippen LogP contribution in [0.15, 0.2) is 18.2 Å². The quantitative estimate of drug-likeness (QED) is 0.836. The Hall–Kier alpha value is -0.970. The topological polar surface area (TPSA) is 52.6 Å². The Morgan fingerprint density at radius 1 is 1.25 bits per heavy atom. The highest BCUT2D eigenvalue weighted by atomic mass is 35.5. The van der Waals surface area contributed by atoms with Crippen molar-refractivity contribution in [3.05, 3.63) is 28.2 Å². The van der Waals surface area contributed by atoms with Gasteiger partial charge in [-0.1, -0.05) is 23.2 Å². The van der Waals surface area contributed by atoms with Crippen LogP contribution in [0, 0.1) is 11.8 Å². The van der Waals surface area contributed by atoms with Gasteiger partial charge < -0.3 is 15.3 Å². The number of likely N-dealkylation sites (tertiary alicyclic amines) is 1. The summed E-state index contributed by atoms with van der Waals surface area (Å²) in [5.41, 5.74) is 0.627. The van der Waals surface area contributed by atoms with E-state index >= 15 is 0 Å². The first-order chi connectivity index (χ1) is 9.54. The van der Waals surface area contributed by atoms with E-state index in [2.05, 4.69) is 5.32 Å². The largest absolute Gasteiger partial charge is 0.393 e. The molecule has 2 N–H and O–H groups in total. The number of carbonyl (C=O) groups excluding carboxylic acids is 1. The first-order valence-electron chi connectivity index (χ1n) is 6.73. The lowest BCUT2D eigenvalue weighted by molar-refractivity contribution is 0.127. The maximum atomic E-state index is 12.2. The zero-order chi connectivity index (χ0) is 14.3. The molecule has 0 bridgehead atoms. The van der Waals surface area contributed by atoms with Gasteiger partial charge in [0.05, 0.1) is 16.1 Å². The smallest absolute Gasteiger partial charge is 0.321 e. The maximum absolute atomic E-state index is 12.2. The van der Waals surface area contributed by atoms with E-state index in [1.807, 2.05) is 0 Å². The lowest BCUT2D eigenvalue weighted by Gasteiger charge is -2.19. The average Bonchev–Trinajstić information content (AvgIpc) is 2.97. The number of amides is 2. The van der Waals surface area contributed by atoms with Crippen molar-refractivity contribution < 1.29 is 9.90 Å². The molecule has 3 rings (SSSR count). The predicted molar refractivity (Wildman–Crippen MR) is 79.3 cm³/mol. The number of nitrogens with zero attached hydrogens (tertiary/aromatic N) is 1. The molecule has 0 radical (unpaired) electrons. The minimum atomic E-state index is -0.261. The van der Waals surface area contributed by atoms with E-state index in [0.717, 1.165) is 19.4 Å². The molecule has 2 amide bonds. The van der Waals surface area contributed by atoms with Gasteiger partial charge in [0.25, 0.3) is 0 Å². The number of nitrogens with one attached hydrogen (secondary N) is 1. The van der Waals surface area contributed by atoms with Crippen molar-refractivity contribution in [3.8, 4) is 0 Å². The van der Waals surface area contributed by atoms with Crippen molar-refractivity contribution in [2.45, 2.75) is 18.9 Å². The molecule has 0 aromatic heterocycles. The van der Waals surface area contributed by atoms with Gasteiger partial charge in [-0.05, 0) is 37.0 Å². The second-order valence-electron chi connectivity index (χ2n) is 5.53. The summed E-state index contributed by atoms with van der Waals surface area (Å²) < 4.78 is 0. The highest BCUT2D eigenvalue weighted by molar-refractivity contribution is 6.42. The molecule has 1 aliphatic heterocycles. The second-order valence-corrected chi connectivity index (χ2v) is 6.35. The fraction of sp³-hybridized carbons (Fsp3) is 0.500. The van der Waals surface area contributed by atoms with E-state index in [9.17, 15) is 9.90 Å². The van der Waals surface area contributed by atoms with E-state index in [4.69, 9.17) is 23.2 Å². The van der Waals surface area contributed by atoms with Crippen molar-refractivity contribution >= 4 is 34.9 Å². The fourth-order valence-corrected chi connectivity index (χ4v) is 3.48. The van der Waals surface area contributed by atoms with Gasteiger partial charge in [0, 0.05) is 24.7 Å². The molecule has 3 atom stereocenters. The SMILES string of the molecule is O=C(Nc1ccc(Cl)c(Cl)c1)N1CC2CCC(O)C2C1. The summed E-state index contributed by atoms with van der Waals surface area (Å²) in [5.74, 6) is 0.666. The molecule has 20 heavy (non-hydrogen) atoms. The van der Waals surface area contributed by atoms with Crippen molar-refractivity contribution in [2.24, 2.45) is 11.8 Å². The highest BCUT2D eigenvalue weighted by Crippen LogP contribution is 2.38. The number of hydrogen-bond donors (Lipinski definition) is 2. The molecule has 2 aliphatic rings. The first-order valence-corrected chi connectivity index (χ1v) is 7.49. The van der Waals surface area contributed by atoms with Crippen LogP contribution in [-0.2, 0) is 0 Å². The molecule has 6 heteroatoms. The molecule has 1 aromatic rings. The molecular weight excluding hydrogens is 299 g/mol. The summed E-state index contributed by atoms with van der Waals surface area (Å²) in [6.07, 6.45) is 1.60. The lowest BCUT2D eigenvalue weighted by atomic mass is 10.00. The number of fused-ring (bicyclic) bond motifs is 1. The monoisotopic (exact) mass is 314 g/mol. The van der Waals surface area contributed by atoms with E-state index in [1.165, 1.54) is 0 Å². The molecule has 1 saturated heterocycles. The number of aliphatic hydroxyl groups is 1. The number of anilines is 1. The zero-order valence-electron chi connectivity index (χ0n) is 10.9. The van der Waals surface area contributed by atoms with E-state index in [1.54, 1.807) is 23.1 Å². The van der Waals surface area contributed by atoms with Crippen molar-refractivity contribution in [1.82, 2.24) is 4.90 Å². The Labute approximate surface area is 127 Å². The van der Waals surface area contributed by atoms with Gasteiger partial charge in [-0.15, -0.1) is 0 Å². The van der Waals surface area contributed by atoms with Crippen LogP contribution in [0.4, 0.5) is 10.5 Å². The summed E-state index contributed by atoms with van der Waals surface area (Å²) in [7, 11) is 0. The van der Waals surface area contributed by atoms with Crippen LogP contribution < -0.4 is 5.32 Å². The van der Waals surface area contributed by atoms with Crippen molar-refractivity contribution in [1.29, 1.82) is 0 Å². The normalized spacial score (nSPS) is 28.6. The third-order valence-electron chi connectivity index (χ3n) is 4.28. The lowest BCUT2D eigenvalue weighted by Crippen LogP contribution is -2.34. The van der Waals surface area contributed by atoms with Crippen LogP contribution in [0.3, 0.4) is 0 Å². The zero-order valence-corrected chi connectivity index (χ0v) is 12.4. The summed E-state index contributed by atoms with van der Waals surface area (Å²) >= 11 is 11.8. The van der Waals surface area contributed by atoms with Gasteiger partial charge >= 0.3 is 6.03 Å². The highest BCUT2D eigenvalue weighted by Gasteiger charge is 2.43. The fourth-order valence-electron chi connectivity index (χ4n) is 3.18. The molecule has 0 spiro atoms. The van der Waals surface area contributed by atoms with Crippen LogP contribution in [0.2, 0.25) is 10.0 Å². The second kappa shape index (κ2) is 5.43. The summed E-state index contributed by atoms with van der Waals surface area (Å²) in [6, 6.07) is 4.86. The van der Waals surface area contributed by atoms with Gasteiger partial charge in [-0.2, -0.15) is 0 Å². The van der Waals surface area contributed by atoms with Crippen molar-refractivity contribution in [2.75, 3.05) is 18.4 Å². The van der Waals surface area contributed by atoms with Crippen LogP contribution in [0.25, 0.3) is 0 Å². The van der Waals surface area contributed by atoms with Gasteiger partial charge in [0.15, 0.2) is 0 Å². The Balaban J connectivity index is 1.64. The van der Waals surface area contributed by atoms with Crippen LogP contribution in [0.5, 0.6) is 0 Å². The molecule has 2 fully saturated rings. The standard InChI is InChI=1S/C14H16Cl2N2O2/c15-11-3-2-9(5-12(11)16)17-14(20)18-6-8-1-4-13(19)10(8)7-18/h2-3,5,8,10,13,19H,1,4,6-7H2,(H,17,20). The third kappa shape index (κ3) is 2.60. The predicted octanol–water partition coefficient (Wildman–Crippen LogP) is 3.23. The average molecular weight is 315 g/mol. The third-order valence-corrected chi connectivity index (χ3v) is 5.02. The summed E-state index contributed by atoms with van der Waals surface area (Å²) in [5, 5.41) is 13.6. The van der Waals surface area contributed by atoms with Crippen molar-refractivity contribution in [3.63, 3.8) is 0 Å². The molecule has 1 saturated carbocycles. The maximum Gasteiger partial charge on any atom is 0.321 e. The molecular formula is C14H16Cl2N2O2. The molecule has 108 valence electrons. The van der Waals surface area contributed by atoms with Gasteiger partial charge in [0.2, 0.25) is 0 Å². The van der Waals surface area contributed by atoms with Crippen LogP contribution >= 0.6 is 23.2 Å². The summed E-state index contributed by atoms with van der Waals surface area (Å²) in [4.78, 5) is 14.0. The number of hydrogen-bond acceptors (Lipinski definition) is 2. The van der Waals surface area contributed by atoms with Crippen LogP contribution in [-0.4, -0.2) is 35.2 Å².